The van der Waals surface area contributed by atoms with Crippen molar-refractivity contribution in [3.63, 3.8) is 0 Å². The molecule has 118 valence electrons. The summed E-state index contributed by atoms with van der Waals surface area (Å²) in [5.74, 6) is 0.933. The highest BCUT2D eigenvalue weighted by Gasteiger charge is 2.04. The second kappa shape index (κ2) is 8.27. The SMILES string of the molecule is Cc1cc(CCNC(=O)CCCOc2ccccc2)c(C)[nH]1. The maximum Gasteiger partial charge on any atom is 0.220 e. The van der Waals surface area contributed by atoms with Crippen molar-refractivity contribution in [2.24, 2.45) is 0 Å². The molecule has 0 bridgehead atoms. The number of H-pyrrole nitrogens is 1. The number of aromatic nitrogens is 1. The average Bonchev–Trinajstić information content (AvgIpc) is 2.83. The lowest BCUT2D eigenvalue weighted by Crippen LogP contribution is -2.25. The van der Waals surface area contributed by atoms with E-state index in [4.69, 9.17) is 4.74 Å². The molecular formula is C18H24N2O2. The Morgan fingerprint density at radius 2 is 2.00 bits per heavy atom. The van der Waals surface area contributed by atoms with Crippen LogP contribution in [0, 0.1) is 13.8 Å². The molecule has 1 heterocycles. The van der Waals surface area contributed by atoms with Crippen LogP contribution < -0.4 is 10.1 Å². The third-order valence-corrected chi connectivity index (χ3v) is 3.53. The van der Waals surface area contributed by atoms with E-state index in [0.29, 0.717) is 19.6 Å². The molecule has 1 aromatic carbocycles. The van der Waals surface area contributed by atoms with Crippen LogP contribution in [-0.4, -0.2) is 24.0 Å². The summed E-state index contributed by atoms with van der Waals surface area (Å²) in [6, 6.07) is 11.8. The van der Waals surface area contributed by atoms with E-state index in [1.165, 1.54) is 11.3 Å². The summed E-state index contributed by atoms with van der Waals surface area (Å²) in [6.07, 6.45) is 2.09. The standard InChI is InChI=1S/C18H24N2O2/c1-14-13-16(15(2)20-14)10-11-19-18(21)9-6-12-22-17-7-4-3-5-8-17/h3-5,7-8,13,20H,6,9-12H2,1-2H3,(H,19,21). The number of amides is 1. The molecule has 0 fully saturated rings. The number of ether oxygens (including phenoxy) is 1. The van der Waals surface area contributed by atoms with Crippen molar-refractivity contribution in [3.8, 4) is 5.75 Å². The summed E-state index contributed by atoms with van der Waals surface area (Å²) in [5.41, 5.74) is 3.62. The number of aromatic amines is 1. The topological polar surface area (TPSA) is 54.1 Å². The van der Waals surface area contributed by atoms with Gasteiger partial charge in [-0.1, -0.05) is 18.2 Å². The Bertz CT molecular complexity index is 590. The van der Waals surface area contributed by atoms with Crippen molar-refractivity contribution in [1.29, 1.82) is 0 Å². The van der Waals surface area contributed by atoms with Gasteiger partial charge >= 0.3 is 0 Å². The molecule has 2 aromatic rings. The number of benzene rings is 1. The van der Waals surface area contributed by atoms with Crippen LogP contribution in [-0.2, 0) is 11.2 Å². The van der Waals surface area contributed by atoms with Crippen LogP contribution in [0.15, 0.2) is 36.4 Å². The van der Waals surface area contributed by atoms with E-state index in [0.717, 1.165) is 24.3 Å². The van der Waals surface area contributed by atoms with Gasteiger partial charge in [-0.05, 0) is 50.5 Å². The Balaban J connectivity index is 1.57. The molecular weight excluding hydrogens is 276 g/mol. The minimum atomic E-state index is 0.0848. The molecule has 0 atom stereocenters. The van der Waals surface area contributed by atoms with Crippen molar-refractivity contribution in [2.45, 2.75) is 33.1 Å². The van der Waals surface area contributed by atoms with Crippen molar-refractivity contribution in [3.05, 3.63) is 53.3 Å². The first kappa shape index (κ1) is 16.1. The largest absolute Gasteiger partial charge is 0.494 e. The molecule has 2 rings (SSSR count). The van der Waals surface area contributed by atoms with E-state index in [1.807, 2.05) is 37.3 Å². The number of rotatable bonds is 8. The van der Waals surface area contributed by atoms with Gasteiger partial charge in [0.05, 0.1) is 6.61 Å². The highest BCUT2D eigenvalue weighted by atomic mass is 16.5. The highest BCUT2D eigenvalue weighted by molar-refractivity contribution is 5.75. The highest BCUT2D eigenvalue weighted by Crippen LogP contribution is 2.10. The van der Waals surface area contributed by atoms with Crippen LogP contribution in [0.25, 0.3) is 0 Å². The van der Waals surface area contributed by atoms with Gasteiger partial charge in [0, 0.05) is 24.4 Å². The van der Waals surface area contributed by atoms with Crippen LogP contribution in [0.4, 0.5) is 0 Å². The summed E-state index contributed by atoms with van der Waals surface area (Å²) in [4.78, 5) is 15.0. The summed E-state index contributed by atoms with van der Waals surface area (Å²) >= 11 is 0. The fraction of sp³-hybridized carbons (Fsp3) is 0.389. The normalized spacial score (nSPS) is 10.5. The number of hydrogen-bond donors (Lipinski definition) is 2. The van der Waals surface area contributed by atoms with E-state index in [-0.39, 0.29) is 5.91 Å². The van der Waals surface area contributed by atoms with E-state index in [2.05, 4.69) is 23.3 Å². The Morgan fingerprint density at radius 3 is 2.68 bits per heavy atom. The smallest absolute Gasteiger partial charge is 0.220 e. The Hall–Kier alpha value is -2.23. The van der Waals surface area contributed by atoms with E-state index in [1.54, 1.807) is 0 Å². The van der Waals surface area contributed by atoms with Gasteiger partial charge in [0.1, 0.15) is 5.75 Å². The molecule has 1 amide bonds. The first-order valence-electron chi connectivity index (χ1n) is 7.75. The molecule has 0 saturated carbocycles. The Kier molecular flexibility index (Phi) is 6.07. The quantitative estimate of drug-likeness (QED) is 0.736. The summed E-state index contributed by atoms with van der Waals surface area (Å²) < 4.78 is 5.56. The monoisotopic (exact) mass is 300 g/mol. The minimum absolute atomic E-state index is 0.0848. The van der Waals surface area contributed by atoms with Gasteiger partial charge in [0.25, 0.3) is 0 Å². The maximum atomic E-state index is 11.8. The van der Waals surface area contributed by atoms with Gasteiger partial charge in [0.2, 0.25) is 5.91 Å². The molecule has 0 aliphatic rings. The van der Waals surface area contributed by atoms with Gasteiger partial charge in [-0.3, -0.25) is 4.79 Å². The van der Waals surface area contributed by atoms with E-state index in [9.17, 15) is 4.79 Å². The lowest BCUT2D eigenvalue weighted by Gasteiger charge is -2.07. The minimum Gasteiger partial charge on any atom is -0.494 e. The Labute approximate surface area is 131 Å². The van der Waals surface area contributed by atoms with E-state index < -0.39 is 0 Å². The molecule has 0 spiro atoms. The van der Waals surface area contributed by atoms with Crippen molar-refractivity contribution in [2.75, 3.05) is 13.2 Å². The van der Waals surface area contributed by atoms with Gasteiger partial charge in [-0.2, -0.15) is 0 Å². The van der Waals surface area contributed by atoms with Gasteiger partial charge in [-0.25, -0.2) is 0 Å². The number of aryl methyl sites for hydroxylation is 2. The number of carbonyl (C=O) groups is 1. The first-order chi connectivity index (χ1) is 10.6. The zero-order valence-electron chi connectivity index (χ0n) is 13.3. The summed E-state index contributed by atoms with van der Waals surface area (Å²) in [7, 11) is 0. The predicted molar refractivity (Wildman–Crippen MR) is 88.2 cm³/mol. The molecule has 1 aromatic heterocycles. The molecule has 22 heavy (non-hydrogen) atoms. The van der Waals surface area contributed by atoms with Crippen LogP contribution >= 0.6 is 0 Å². The van der Waals surface area contributed by atoms with Crippen molar-refractivity contribution < 1.29 is 9.53 Å². The fourth-order valence-corrected chi connectivity index (χ4v) is 2.41. The zero-order valence-corrected chi connectivity index (χ0v) is 13.3. The van der Waals surface area contributed by atoms with Gasteiger partial charge in [0.15, 0.2) is 0 Å². The van der Waals surface area contributed by atoms with E-state index >= 15 is 0 Å². The van der Waals surface area contributed by atoms with Crippen LogP contribution in [0.2, 0.25) is 0 Å². The first-order valence-corrected chi connectivity index (χ1v) is 7.75. The third-order valence-electron chi connectivity index (χ3n) is 3.53. The predicted octanol–water partition coefficient (Wildman–Crippen LogP) is 3.15. The lowest BCUT2D eigenvalue weighted by atomic mass is 10.2. The molecule has 0 saturated heterocycles. The molecule has 2 N–H and O–H groups in total. The molecule has 0 unspecified atom stereocenters. The molecule has 0 aliphatic heterocycles. The zero-order chi connectivity index (χ0) is 15.8. The maximum absolute atomic E-state index is 11.8. The van der Waals surface area contributed by atoms with Crippen molar-refractivity contribution >= 4 is 5.91 Å². The van der Waals surface area contributed by atoms with Crippen LogP contribution in [0.3, 0.4) is 0 Å². The molecule has 4 heteroatoms. The number of para-hydroxylation sites is 1. The second-order valence-electron chi connectivity index (χ2n) is 5.47. The van der Waals surface area contributed by atoms with Gasteiger partial charge in [-0.15, -0.1) is 0 Å². The molecule has 0 radical (unpaired) electrons. The Morgan fingerprint density at radius 1 is 1.23 bits per heavy atom. The molecule has 4 nitrogen and oxygen atoms in total. The number of carbonyl (C=O) groups excluding carboxylic acids is 1. The van der Waals surface area contributed by atoms with Gasteiger partial charge < -0.3 is 15.0 Å². The summed E-state index contributed by atoms with van der Waals surface area (Å²) in [5, 5.41) is 2.96. The molecule has 0 aliphatic carbocycles. The average molecular weight is 300 g/mol. The van der Waals surface area contributed by atoms with Crippen LogP contribution in [0.1, 0.15) is 29.8 Å². The second-order valence-corrected chi connectivity index (χ2v) is 5.47. The van der Waals surface area contributed by atoms with Crippen LogP contribution in [0.5, 0.6) is 5.75 Å². The fourth-order valence-electron chi connectivity index (χ4n) is 2.41. The number of hydrogen-bond acceptors (Lipinski definition) is 2. The van der Waals surface area contributed by atoms with Crippen molar-refractivity contribution in [1.82, 2.24) is 10.3 Å². The summed E-state index contributed by atoms with van der Waals surface area (Å²) in [6.45, 7) is 5.34. The number of nitrogens with one attached hydrogen (secondary N) is 2. The lowest BCUT2D eigenvalue weighted by molar-refractivity contribution is -0.121. The third kappa shape index (κ3) is 5.28.